The summed E-state index contributed by atoms with van der Waals surface area (Å²) in [4.78, 5) is 24.0. The van der Waals surface area contributed by atoms with Gasteiger partial charge in [0.25, 0.3) is 0 Å². The third-order valence-electron chi connectivity index (χ3n) is 9.45. The van der Waals surface area contributed by atoms with E-state index < -0.39 is 0 Å². The summed E-state index contributed by atoms with van der Waals surface area (Å²) in [6, 6.07) is 0. The van der Waals surface area contributed by atoms with Crippen molar-refractivity contribution in [3.8, 4) is 0 Å². The first kappa shape index (κ1) is 16.5. The van der Waals surface area contributed by atoms with E-state index in [1.807, 2.05) is 6.08 Å². The molecule has 0 amide bonds. The highest BCUT2D eigenvalue weighted by Gasteiger charge is 2.78. The average molecular weight is 368 g/mol. The number of fused-ring (bicyclic) bond motifs is 9. The maximum atomic E-state index is 12.0. The first-order chi connectivity index (χ1) is 13.0. The number of hydrogen-bond acceptors (Lipinski definition) is 4. The van der Waals surface area contributed by atoms with Crippen molar-refractivity contribution < 1.29 is 19.4 Å². The summed E-state index contributed by atoms with van der Waals surface area (Å²) in [5.41, 5.74) is 0.888. The Morgan fingerprint density at radius 3 is 2.78 bits per heavy atom. The van der Waals surface area contributed by atoms with Crippen molar-refractivity contribution in [3.63, 3.8) is 0 Å². The zero-order valence-electron chi connectivity index (χ0n) is 15.9. The van der Waals surface area contributed by atoms with Gasteiger partial charge in [0.05, 0.1) is 0 Å². The lowest BCUT2D eigenvalue weighted by Gasteiger charge is -2.58. The molecule has 1 spiro atoms. The van der Waals surface area contributed by atoms with Crippen LogP contribution in [-0.4, -0.2) is 29.1 Å². The van der Waals surface area contributed by atoms with E-state index in [0.29, 0.717) is 41.9 Å². The van der Waals surface area contributed by atoms with E-state index in [2.05, 4.69) is 13.0 Å². The quantitative estimate of drug-likeness (QED) is 0.723. The van der Waals surface area contributed by atoms with E-state index in [0.717, 1.165) is 25.7 Å². The van der Waals surface area contributed by atoms with Gasteiger partial charge >= 0.3 is 5.97 Å². The highest BCUT2D eigenvalue weighted by molar-refractivity contribution is 5.91. The van der Waals surface area contributed by atoms with Crippen LogP contribution in [0.1, 0.15) is 45.4 Å². The molecule has 6 rings (SSSR count). The van der Waals surface area contributed by atoms with Crippen molar-refractivity contribution >= 4 is 11.8 Å². The second kappa shape index (κ2) is 5.14. The minimum Gasteiger partial charge on any atom is -0.451 e. The highest BCUT2D eigenvalue weighted by Crippen LogP contribution is 2.77. The monoisotopic (exact) mass is 368 g/mol. The zero-order valence-corrected chi connectivity index (χ0v) is 15.9. The predicted octanol–water partition coefficient (Wildman–Crippen LogP) is 3.05. The summed E-state index contributed by atoms with van der Waals surface area (Å²) < 4.78 is 6.03. The Morgan fingerprint density at radius 2 is 2.04 bits per heavy atom. The minimum atomic E-state index is -0.377. The molecule has 9 atom stereocenters. The molecule has 0 aromatic carbocycles. The predicted molar refractivity (Wildman–Crippen MR) is 98.4 cm³/mol. The molecular weight excluding hydrogens is 340 g/mol. The topological polar surface area (TPSA) is 63.6 Å². The average Bonchev–Trinajstić information content (AvgIpc) is 3.29. The maximum absolute atomic E-state index is 12.0. The number of ether oxygens (including phenoxy) is 1. The number of aliphatic hydroxyl groups is 1. The summed E-state index contributed by atoms with van der Waals surface area (Å²) in [5, 5.41) is 10.1. The molecule has 1 heterocycles. The van der Waals surface area contributed by atoms with Crippen LogP contribution in [0.15, 0.2) is 23.8 Å². The molecule has 144 valence electrons. The summed E-state index contributed by atoms with van der Waals surface area (Å²) in [5.74, 6) is 3.61. The number of rotatable bonds is 1. The van der Waals surface area contributed by atoms with E-state index in [9.17, 15) is 14.7 Å². The first-order valence-corrected chi connectivity index (χ1v) is 10.8. The van der Waals surface area contributed by atoms with Crippen molar-refractivity contribution in [1.82, 2.24) is 0 Å². The van der Waals surface area contributed by atoms with Crippen LogP contribution in [0.25, 0.3) is 0 Å². The van der Waals surface area contributed by atoms with E-state index in [4.69, 9.17) is 4.74 Å². The zero-order chi connectivity index (χ0) is 18.6. The van der Waals surface area contributed by atoms with Gasteiger partial charge in [0.1, 0.15) is 5.60 Å². The molecule has 4 fully saturated rings. The molecule has 0 aromatic heterocycles. The van der Waals surface area contributed by atoms with Crippen LogP contribution in [0, 0.1) is 46.8 Å². The van der Waals surface area contributed by atoms with Crippen molar-refractivity contribution in [1.29, 1.82) is 0 Å². The standard InChI is InChI=1S/C23H28O4/c1-22-6-4-15-14-3-2-13(25)9-16(14)12(11-24)8-17(15)21(22)18-10-19(18)23(22)7-5-20(26)27-23/h5,7,9,12,14-15,17-19,21,24H,2-4,6,8,10-11H2,1H3/t12-,14+,15?,17?,18+,19-,21?,22-,23-/m0/s1. The SMILES string of the molecule is C[C@]12CCC3C(C[C@@H](CO)C4=CC(=O)CC[C@@H]43)C1[C@@H]1C[C@@H]1[C@@]21C=CC(=O)O1. The van der Waals surface area contributed by atoms with Crippen molar-refractivity contribution in [2.75, 3.05) is 6.61 Å². The molecule has 0 saturated heterocycles. The van der Waals surface area contributed by atoms with Crippen molar-refractivity contribution in [3.05, 3.63) is 23.8 Å². The van der Waals surface area contributed by atoms with Gasteiger partial charge in [-0.05, 0) is 73.8 Å². The lowest BCUT2D eigenvalue weighted by atomic mass is 9.48. The molecule has 4 nitrogen and oxygen atoms in total. The Bertz CT molecular complexity index is 796. The molecule has 1 N–H and O–H groups in total. The lowest BCUT2D eigenvalue weighted by Crippen LogP contribution is -2.55. The third-order valence-corrected chi connectivity index (χ3v) is 9.45. The first-order valence-electron chi connectivity index (χ1n) is 10.8. The fourth-order valence-electron chi connectivity index (χ4n) is 8.47. The Hall–Kier alpha value is -1.42. The minimum absolute atomic E-state index is 0.0239. The Labute approximate surface area is 160 Å². The van der Waals surface area contributed by atoms with Gasteiger partial charge in [0.15, 0.2) is 5.78 Å². The second-order valence-corrected chi connectivity index (χ2v) is 10.2. The van der Waals surface area contributed by atoms with Gasteiger partial charge in [-0.1, -0.05) is 12.5 Å². The normalized spacial score (nSPS) is 54.7. The van der Waals surface area contributed by atoms with E-state index >= 15 is 0 Å². The summed E-state index contributed by atoms with van der Waals surface area (Å²) in [7, 11) is 0. The number of ketones is 1. The molecule has 4 heteroatoms. The third kappa shape index (κ3) is 1.88. The van der Waals surface area contributed by atoms with Gasteiger partial charge < -0.3 is 9.84 Å². The van der Waals surface area contributed by atoms with Crippen LogP contribution >= 0.6 is 0 Å². The van der Waals surface area contributed by atoms with Crippen molar-refractivity contribution in [2.24, 2.45) is 46.8 Å². The summed E-state index contributed by atoms with van der Waals surface area (Å²) in [6.07, 6.45) is 11.7. The van der Waals surface area contributed by atoms with Gasteiger partial charge in [0, 0.05) is 36.4 Å². The molecule has 27 heavy (non-hydrogen) atoms. The second-order valence-electron chi connectivity index (χ2n) is 10.2. The smallest absolute Gasteiger partial charge is 0.331 e. The molecule has 1 aliphatic heterocycles. The fraction of sp³-hybridized carbons (Fsp3) is 0.739. The molecule has 4 saturated carbocycles. The van der Waals surface area contributed by atoms with Gasteiger partial charge in [0.2, 0.25) is 0 Å². The number of carbonyl (C=O) groups excluding carboxylic acids is 2. The van der Waals surface area contributed by atoms with Gasteiger partial charge in [-0.2, -0.15) is 0 Å². The fourth-order valence-corrected chi connectivity index (χ4v) is 8.47. The number of hydrogen-bond donors (Lipinski definition) is 1. The van der Waals surface area contributed by atoms with E-state index in [-0.39, 0.29) is 35.3 Å². The molecule has 6 aliphatic rings. The van der Waals surface area contributed by atoms with Crippen LogP contribution < -0.4 is 0 Å². The van der Waals surface area contributed by atoms with E-state index in [1.54, 1.807) is 6.08 Å². The van der Waals surface area contributed by atoms with Gasteiger partial charge in [-0.15, -0.1) is 0 Å². The largest absolute Gasteiger partial charge is 0.451 e. The van der Waals surface area contributed by atoms with E-state index in [1.165, 1.54) is 12.0 Å². The lowest BCUT2D eigenvalue weighted by molar-refractivity contribution is -0.168. The maximum Gasteiger partial charge on any atom is 0.331 e. The van der Waals surface area contributed by atoms with Gasteiger partial charge in [-0.25, -0.2) is 4.79 Å². The molecule has 3 unspecified atom stereocenters. The van der Waals surface area contributed by atoms with Crippen LogP contribution in [0.2, 0.25) is 0 Å². The summed E-state index contributed by atoms with van der Waals surface area (Å²) >= 11 is 0. The molecule has 0 aromatic rings. The summed E-state index contributed by atoms with van der Waals surface area (Å²) in [6.45, 7) is 2.52. The Morgan fingerprint density at radius 1 is 1.19 bits per heavy atom. The van der Waals surface area contributed by atoms with Crippen LogP contribution in [0.5, 0.6) is 0 Å². The molecule has 5 aliphatic carbocycles. The Kier molecular flexibility index (Phi) is 3.14. The van der Waals surface area contributed by atoms with Crippen molar-refractivity contribution in [2.45, 2.75) is 51.0 Å². The van der Waals surface area contributed by atoms with Crippen LogP contribution in [0.3, 0.4) is 0 Å². The number of esters is 1. The molecule has 0 bridgehead atoms. The van der Waals surface area contributed by atoms with Crippen LogP contribution in [0.4, 0.5) is 0 Å². The molecule has 0 radical (unpaired) electrons. The number of carbonyl (C=O) groups is 2. The molecular formula is C23H28O4. The Balaban J connectivity index is 1.40. The highest BCUT2D eigenvalue weighted by atomic mass is 16.6. The number of aliphatic hydroxyl groups excluding tert-OH is 1. The van der Waals surface area contributed by atoms with Crippen LogP contribution in [-0.2, 0) is 14.3 Å². The van der Waals surface area contributed by atoms with Gasteiger partial charge in [-0.3, -0.25) is 4.79 Å².